The number of imidazole rings is 1. The van der Waals surface area contributed by atoms with Gasteiger partial charge in [0.25, 0.3) is 0 Å². The number of aromatic nitrogens is 7. The van der Waals surface area contributed by atoms with Crippen molar-refractivity contribution in [3.05, 3.63) is 43.0 Å². The summed E-state index contributed by atoms with van der Waals surface area (Å²) in [7, 11) is 2.15. The smallest absolute Gasteiger partial charge is 0.224 e. The maximum Gasteiger partial charge on any atom is 0.224 e. The highest BCUT2D eigenvalue weighted by molar-refractivity contribution is 5.96. The zero-order chi connectivity index (χ0) is 26.1. The van der Waals surface area contributed by atoms with Crippen LogP contribution in [0.1, 0.15) is 26.2 Å². The molecule has 38 heavy (non-hydrogen) atoms. The zero-order valence-electron chi connectivity index (χ0n) is 21.5. The summed E-state index contributed by atoms with van der Waals surface area (Å²) in [6, 6.07) is 5.90. The van der Waals surface area contributed by atoms with Crippen molar-refractivity contribution in [2.75, 3.05) is 43.4 Å². The van der Waals surface area contributed by atoms with Gasteiger partial charge in [-0.1, -0.05) is 13.3 Å². The Morgan fingerprint density at radius 1 is 1.11 bits per heavy atom. The number of piperazine rings is 1. The standard InChI is InChI=1S/C27H30N10O/c1-3-4-5-23(38)31-18-12-17(14-28-15-18)20-13-19-21(16-30-20)34-35-24(19)27-32-25-22(6-7-29-26(25)33-27)37-10-8-36(2)9-11-37/h6-7,12-16H,3-5,8-11H2,1-2H3,(H,31,38)(H,34,35)(H,29,32,33). The Morgan fingerprint density at radius 2 is 1.97 bits per heavy atom. The van der Waals surface area contributed by atoms with Crippen LogP contribution in [-0.2, 0) is 4.79 Å². The molecule has 0 unspecified atom stereocenters. The Kier molecular flexibility index (Phi) is 6.42. The van der Waals surface area contributed by atoms with E-state index in [0.29, 0.717) is 29.3 Å². The summed E-state index contributed by atoms with van der Waals surface area (Å²) >= 11 is 0. The molecule has 0 aliphatic carbocycles. The zero-order valence-corrected chi connectivity index (χ0v) is 21.5. The first-order chi connectivity index (χ1) is 18.6. The molecule has 1 saturated heterocycles. The van der Waals surface area contributed by atoms with E-state index in [2.05, 4.69) is 59.2 Å². The second kappa shape index (κ2) is 10.2. The van der Waals surface area contributed by atoms with Crippen LogP contribution >= 0.6 is 0 Å². The molecular weight excluding hydrogens is 480 g/mol. The van der Waals surface area contributed by atoms with Crippen LogP contribution in [0.5, 0.6) is 0 Å². The van der Waals surface area contributed by atoms with E-state index in [4.69, 9.17) is 4.98 Å². The van der Waals surface area contributed by atoms with Gasteiger partial charge in [-0.3, -0.25) is 19.9 Å². The summed E-state index contributed by atoms with van der Waals surface area (Å²) in [4.78, 5) is 38.6. The molecule has 1 aliphatic heterocycles. The predicted molar refractivity (Wildman–Crippen MR) is 148 cm³/mol. The number of hydrogen-bond donors (Lipinski definition) is 3. The van der Waals surface area contributed by atoms with Gasteiger partial charge in [0, 0.05) is 55.9 Å². The number of fused-ring (bicyclic) bond motifs is 2. The number of nitrogens with one attached hydrogen (secondary N) is 3. The lowest BCUT2D eigenvalue weighted by Crippen LogP contribution is -2.44. The van der Waals surface area contributed by atoms with Crippen molar-refractivity contribution < 1.29 is 4.79 Å². The van der Waals surface area contributed by atoms with Gasteiger partial charge in [0.1, 0.15) is 11.2 Å². The lowest BCUT2D eigenvalue weighted by Gasteiger charge is -2.34. The highest BCUT2D eigenvalue weighted by Crippen LogP contribution is 2.31. The summed E-state index contributed by atoms with van der Waals surface area (Å²) in [5, 5.41) is 11.4. The van der Waals surface area contributed by atoms with Crippen LogP contribution in [0.15, 0.2) is 43.0 Å². The number of pyridine rings is 3. The van der Waals surface area contributed by atoms with Crippen molar-refractivity contribution in [3.8, 4) is 22.8 Å². The van der Waals surface area contributed by atoms with E-state index in [1.165, 1.54) is 0 Å². The third kappa shape index (κ3) is 4.68. The number of nitrogens with zero attached hydrogens (tertiary/aromatic N) is 7. The maximum atomic E-state index is 12.2. The normalized spacial score (nSPS) is 14.4. The van der Waals surface area contributed by atoms with Crippen LogP contribution in [0, 0.1) is 0 Å². The van der Waals surface area contributed by atoms with E-state index >= 15 is 0 Å². The molecule has 0 saturated carbocycles. The number of H-pyrrole nitrogens is 2. The van der Waals surface area contributed by atoms with E-state index < -0.39 is 0 Å². The van der Waals surface area contributed by atoms with E-state index in [0.717, 1.165) is 72.4 Å². The molecule has 1 amide bonds. The summed E-state index contributed by atoms with van der Waals surface area (Å²) in [6.45, 7) is 6.01. The third-order valence-electron chi connectivity index (χ3n) is 6.96. The molecule has 3 N–H and O–H groups in total. The molecule has 1 fully saturated rings. The molecule has 11 nitrogen and oxygen atoms in total. The Labute approximate surface area is 219 Å². The third-order valence-corrected chi connectivity index (χ3v) is 6.96. The molecule has 5 aromatic heterocycles. The number of likely N-dealkylation sites (N-methyl/N-ethyl adjacent to an activating group) is 1. The van der Waals surface area contributed by atoms with Gasteiger partial charge in [-0.15, -0.1) is 0 Å². The van der Waals surface area contributed by atoms with Gasteiger partial charge in [-0.05, 0) is 31.7 Å². The molecule has 6 rings (SSSR count). The largest absolute Gasteiger partial charge is 0.367 e. The van der Waals surface area contributed by atoms with Crippen molar-refractivity contribution >= 4 is 39.3 Å². The van der Waals surface area contributed by atoms with Crippen LogP contribution in [0.2, 0.25) is 0 Å². The minimum atomic E-state index is -0.0132. The van der Waals surface area contributed by atoms with Crippen molar-refractivity contribution in [2.45, 2.75) is 26.2 Å². The quantitative estimate of drug-likeness (QED) is 0.301. The number of hydrogen-bond acceptors (Lipinski definition) is 8. The first-order valence-corrected chi connectivity index (χ1v) is 13.0. The first-order valence-electron chi connectivity index (χ1n) is 13.0. The average Bonchev–Trinajstić information content (AvgIpc) is 3.56. The molecule has 0 radical (unpaired) electrons. The number of aromatic amines is 2. The highest BCUT2D eigenvalue weighted by atomic mass is 16.1. The maximum absolute atomic E-state index is 12.2. The average molecular weight is 511 g/mol. The van der Waals surface area contributed by atoms with Crippen LogP contribution < -0.4 is 10.2 Å². The topological polar surface area (TPSA) is 132 Å². The van der Waals surface area contributed by atoms with E-state index in [9.17, 15) is 4.79 Å². The second-order valence-electron chi connectivity index (χ2n) is 9.71. The fourth-order valence-electron chi connectivity index (χ4n) is 4.79. The summed E-state index contributed by atoms with van der Waals surface area (Å²) < 4.78 is 0. The highest BCUT2D eigenvalue weighted by Gasteiger charge is 2.20. The van der Waals surface area contributed by atoms with Crippen molar-refractivity contribution in [1.29, 1.82) is 0 Å². The molecule has 0 spiro atoms. The van der Waals surface area contributed by atoms with Gasteiger partial charge in [-0.25, -0.2) is 9.97 Å². The molecule has 1 aliphatic rings. The molecule has 0 aromatic carbocycles. The molecule has 6 heterocycles. The van der Waals surface area contributed by atoms with Gasteiger partial charge in [0.05, 0.1) is 35.0 Å². The molecule has 0 atom stereocenters. The monoisotopic (exact) mass is 510 g/mol. The van der Waals surface area contributed by atoms with Gasteiger partial charge in [0.15, 0.2) is 11.5 Å². The Hall–Kier alpha value is -4.38. The fourth-order valence-corrected chi connectivity index (χ4v) is 4.79. The molecule has 194 valence electrons. The minimum absolute atomic E-state index is 0.0132. The predicted octanol–water partition coefficient (Wildman–Crippen LogP) is 3.84. The molecule has 0 bridgehead atoms. The van der Waals surface area contributed by atoms with Crippen LogP contribution in [0.25, 0.3) is 44.8 Å². The van der Waals surface area contributed by atoms with Gasteiger partial charge in [-0.2, -0.15) is 5.10 Å². The van der Waals surface area contributed by atoms with Crippen LogP contribution in [-0.4, -0.2) is 79.2 Å². The van der Waals surface area contributed by atoms with Gasteiger partial charge < -0.3 is 20.1 Å². The minimum Gasteiger partial charge on any atom is -0.367 e. The number of anilines is 2. The molecule has 11 heteroatoms. The Morgan fingerprint density at radius 3 is 2.82 bits per heavy atom. The SMILES string of the molecule is CCCCC(=O)Nc1cncc(-c2cc3c(-c4nc5nccc(N6CCN(C)CC6)c5[nH]4)n[nH]c3cn2)c1. The Balaban J connectivity index is 1.33. The van der Waals surface area contributed by atoms with Crippen molar-refractivity contribution in [2.24, 2.45) is 0 Å². The number of rotatable bonds is 7. The fraction of sp³-hybridized carbons (Fsp3) is 0.333. The van der Waals surface area contributed by atoms with Crippen molar-refractivity contribution in [3.63, 3.8) is 0 Å². The van der Waals surface area contributed by atoms with Gasteiger partial charge in [0.2, 0.25) is 5.91 Å². The van der Waals surface area contributed by atoms with Crippen LogP contribution in [0.4, 0.5) is 11.4 Å². The van der Waals surface area contributed by atoms with E-state index in [1.54, 1.807) is 18.6 Å². The summed E-state index contributed by atoms with van der Waals surface area (Å²) in [5.41, 5.74) is 6.36. The van der Waals surface area contributed by atoms with Crippen molar-refractivity contribution in [1.82, 2.24) is 40.0 Å². The number of carbonyl (C=O) groups is 1. The van der Waals surface area contributed by atoms with Gasteiger partial charge >= 0.3 is 0 Å². The van der Waals surface area contributed by atoms with E-state index in [-0.39, 0.29) is 5.91 Å². The number of amides is 1. The lowest BCUT2D eigenvalue weighted by atomic mass is 10.1. The number of carbonyl (C=O) groups excluding carboxylic acids is 1. The Bertz CT molecular complexity index is 1600. The lowest BCUT2D eigenvalue weighted by molar-refractivity contribution is -0.116. The van der Waals surface area contributed by atoms with E-state index in [1.807, 2.05) is 24.4 Å². The summed E-state index contributed by atoms with van der Waals surface area (Å²) in [6.07, 6.45) is 9.27. The number of unbranched alkanes of at least 4 members (excludes halogenated alkanes) is 1. The van der Waals surface area contributed by atoms with Crippen LogP contribution in [0.3, 0.4) is 0 Å². The molecular formula is C27H30N10O. The second-order valence-corrected chi connectivity index (χ2v) is 9.71. The first kappa shape index (κ1) is 24.0. The molecule has 5 aromatic rings. The summed E-state index contributed by atoms with van der Waals surface area (Å²) in [5.74, 6) is 0.633.